The maximum Gasteiger partial charge on any atom is 0.406 e. The smallest absolute Gasteiger partial charge is 0.329 e. The number of anilines is 1. The van der Waals surface area contributed by atoms with Crippen LogP contribution in [0.1, 0.15) is 13.8 Å². The summed E-state index contributed by atoms with van der Waals surface area (Å²) in [7, 11) is 0. The number of nitrogens with one attached hydrogen (secondary N) is 1. The molecule has 1 heterocycles. The minimum absolute atomic E-state index is 0.151. The molecule has 0 unspecified atom stereocenters. The van der Waals surface area contributed by atoms with Crippen LogP contribution >= 0.6 is 12.2 Å². The Morgan fingerprint density at radius 1 is 1.29 bits per heavy atom. The van der Waals surface area contributed by atoms with E-state index in [-0.39, 0.29) is 16.8 Å². The number of aromatic nitrogens is 3. The molecule has 0 spiro atoms. The molecule has 1 N–H and O–H groups in total. The number of nitrogens with zero attached hydrogens (tertiary/aromatic N) is 3. The fourth-order valence-electron chi connectivity index (χ4n) is 1.97. The third kappa shape index (κ3) is 3.63. The largest absolute Gasteiger partial charge is 0.406 e. The Labute approximate surface area is 125 Å². The summed E-state index contributed by atoms with van der Waals surface area (Å²) in [5.74, 6) is 0.151. The third-order valence-corrected chi connectivity index (χ3v) is 3.17. The standard InChI is InChI=1S/C13H15F3N4S/c1-9(2)19(8-13(14,15)16)11-17-18-12(21)20(11)10-6-4-3-5-7-10/h3-7,9H,8H2,1-2H3,(H,18,21). The molecule has 0 amide bonds. The summed E-state index contributed by atoms with van der Waals surface area (Å²) in [6.07, 6.45) is -4.32. The lowest BCUT2D eigenvalue weighted by molar-refractivity contribution is -0.120. The average molecular weight is 316 g/mol. The van der Waals surface area contributed by atoms with Crippen LogP contribution in [-0.2, 0) is 0 Å². The van der Waals surface area contributed by atoms with E-state index in [0.29, 0.717) is 5.69 Å². The first-order chi connectivity index (χ1) is 9.79. The molecule has 0 fully saturated rings. The molecule has 0 bridgehead atoms. The second-order valence-corrected chi connectivity index (χ2v) is 5.22. The highest BCUT2D eigenvalue weighted by Crippen LogP contribution is 2.25. The molecule has 21 heavy (non-hydrogen) atoms. The first kappa shape index (κ1) is 15.6. The van der Waals surface area contributed by atoms with Crippen LogP contribution in [0.5, 0.6) is 0 Å². The molecule has 2 aromatic rings. The summed E-state index contributed by atoms with van der Waals surface area (Å²) in [4.78, 5) is 1.17. The zero-order valence-electron chi connectivity index (χ0n) is 11.6. The Morgan fingerprint density at radius 3 is 2.43 bits per heavy atom. The van der Waals surface area contributed by atoms with Gasteiger partial charge in [0.15, 0.2) is 0 Å². The SMILES string of the molecule is CC(C)N(CC(F)(F)F)c1n[nH]c(=S)n1-c1ccccc1. The van der Waals surface area contributed by atoms with Gasteiger partial charge in [0, 0.05) is 6.04 Å². The van der Waals surface area contributed by atoms with Gasteiger partial charge >= 0.3 is 6.18 Å². The van der Waals surface area contributed by atoms with Crippen LogP contribution in [0, 0.1) is 4.77 Å². The molecule has 4 nitrogen and oxygen atoms in total. The van der Waals surface area contributed by atoms with E-state index in [4.69, 9.17) is 12.2 Å². The lowest BCUT2D eigenvalue weighted by atomic mass is 10.3. The van der Waals surface area contributed by atoms with Gasteiger partial charge in [-0.05, 0) is 38.2 Å². The number of aromatic amines is 1. The van der Waals surface area contributed by atoms with Gasteiger partial charge in [0.05, 0.1) is 5.69 Å². The van der Waals surface area contributed by atoms with Gasteiger partial charge < -0.3 is 4.90 Å². The fourth-order valence-corrected chi connectivity index (χ4v) is 2.20. The quantitative estimate of drug-likeness (QED) is 0.874. The molecule has 2 rings (SSSR count). The van der Waals surface area contributed by atoms with E-state index < -0.39 is 12.7 Å². The van der Waals surface area contributed by atoms with Crippen LogP contribution in [0.4, 0.5) is 19.1 Å². The summed E-state index contributed by atoms with van der Waals surface area (Å²) >= 11 is 5.14. The van der Waals surface area contributed by atoms with Crippen molar-refractivity contribution >= 4 is 18.2 Å². The second kappa shape index (κ2) is 5.88. The van der Waals surface area contributed by atoms with E-state index in [0.717, 1.165) is 0 Å². The molecule has 1 aromatic heterocycles. The van der Waals surface area contributed by atoms with E-state index in [1.165, 1.54) is 9.47 Å². The number of rotatable bonds is 4. The summed E-state index contributed by atoms with van der Waals surface area (Å²) in [6.45, 7) is 2.27. The molecule has 114 valence electrons. The molecule has 8 heteroatoms. The van der Waals surface area contributed by atoms with Crippen LogP contribution in [0.25, 0.3) is 5.69 Å². The van der Waals surface area contributed by atoms with Gasteiger partial charge in [-0.2, -0.15) is 13.2 Å². The molecule has 0 aliphatic rings. The molecule has 0 atom stereocenters. The maximum atomic E-state index is 12.8. The normalized spacial score (nSPS) is 11.9. The van der Waals surface area contributed by atoms with Gasteiger partial charge in [-0.1, -0.05) is 18.2 Å². The minimum Gasteiger partial charge on any atom is -0.329 e. The Kier molecular flexibility index (Phi) is 4.36. The zero-order valence-corrected chi connectivity index (χ0v) is 12.4. The molecular formula is C13H15F3N4S. The molecular weight excluding hydrogens is 301 g/mol. The summed E-state index contributed by atoms with van der Waals surface area (Å²) < 4.78 is 40.1. The second-order valence-electron chi connectivity index (χ2n) is 4.84. The van der Waals surface area contributed by atoms with Crippen molar-refractivity contribution < 1.29 is 13.2 Å². The van der Waals surface area contributed by atoms with Gasteiger partial charge in [-0.15, -0.1) is 5.10 Å². The van der Waals surface area contributed by atoms with Crippen molar-refractivity contribution in [2.45, 2.75) is 26.1 Å². The first-order valence-electron chi connectivity index (χ1n) is 6.36. The lowest BCUT2D eigenvalue weighted by Crippen LogP contribution is -2.40. The fraction of sp³-hybridized carbons (Fsp3) is 0.385. The minimum atomic E-state index is -4.32. The topological polar surface area (TPSA) is 36.9 Å². The van der Waals surface area contributed by atoms with Crippen molar-refractivity contribution in [1.29, 1.82) is 0 Å². The average Bonchev–Trinajstić information content (AvgIpc) is 2.77. The highest BCUT2D eigenvalue weighted by molar-refractivity contribution is 7.71. The van der Waals surface area contributed by atoms with Crippen LogP contribution in [0.15, 0.2) is 30.3 Å². The van der Waals surface area contributed by atoms with Crippen molar-refractivity contribution in [2.24, 2.45) is 0 Å². The van der Waals surface area contributed by atoms with Crippen LogP contribution < -0.4 is 4.90 Å². The maximum absolute atomic E-state index is 12.8. The lowest BCUT2D eigenvalue weighted by Gasteiger charge is -2.28. The highest BCUT2D eigenvalue weighted by atomic mass is 32.1. The number of hydrogen-bond acceptors (Lipinski definition) is 3. The molecule has 0 radical (unpaired) electrons. The number of hydrogen-bond donors (Lipinski definition) is 1. The van der Waals surface area contributed by atoms with Gasteiger partial charge in [-0.25, -0.2) is 5.10 Å². The molecule has 0 saturated carbocycles. The molecule has 0 aliphatic carbocycles. The van der Waals surface area contributed by atoms with Crippen molar-refractivity contribution in [2.75, 3.05) is 11.4 Å². The highest BCUT2D eigenvalue weighted by Gasteiger charge is 2.34. The van der Waals surface area contributed by atoms with E-state index in [1.807, 2.05) is 6.07 Å². The molecule has 0 saturated heterocycles. The first-order valence-corrected chi connectivity index (χ1v) is 6.76. The Bertz CT molecular complexity index is 645. The van der Waals surface area contributed by atoms with Gasteiger partial charge in [-0.3, -0.25) is 4.57 Å². The van der Waals surface area contributed by atoms with Crippen molar-refractivity contribution in [3.05, 3.63) is 35.1 Å². The van der Waals surface area contributed by atoms with Gasteiger partial charge in [0.1, 0.15) is 6.54 Å². The Hall–Kier alpha value is -1.83. The van der Waals surface area contributed by atoms with Crippen LogP contribution in [0.2, 0.25) is 0 Å². The van der Waals surface area contributed by atoms with Crippen molar-refractivity contribution in [3.63, 3.8) is 0 Å². The number of alkyl halides is 3. The summed E-state index contributed by atoms with van der Waals surface area (Å²) in [5.41, 5.74) is 0.666. The Morgan fingerprint density at radius 2 is 1.90 bits per heavy atom. The van der Waals surface area contributed by atoms with Gasteiger partial charge in [0.25, 0.3) is 0 Å². The number of benzene rings is 1. The number of halogens is 3. The molecule has 1 aromatic carbocycles. The molecule has 0 aliphatic heterocycles. The van der Waals surface area contributed by atoms with E-state index in [2.05, 4.69) is 10.2 Å². The van der Waals surface area contributed by atoms with Crippen molar-refractivity contribution in [1.82, 2.24) is 14.8 Å². The predicted molar refractivity (Wildman–Crippen MR) is 77.3 cm³/mol. The van der Waals surface area contributed by atoms with Crippen LogP contribution in [0.3, 0.4) is 0 Å². The van der Waals surface area contributed by atoms with Crippen molar-refractivity contribution in [3.8, 4) is 5.69 Å². The summed E-state index contributed by atoms with van der Waals surface area (Å²) in [5, 5.41) is 6.53. The van der Waals surface area contributed by atoms with E-state index in [1.54, 1.807) is 38.1 Å². The number of H-pyrrole nitrogens is 1. The zero-order chi connectivity index (χ0) is 15.6. The monoisotopic (exact) mass is 316 g/mol. The van der Waals surface area contributed by atoms with Crippen LogP contribution in [-0.4, -0.2) is 33.5 Å². The number of para-hydroxylation sites is 1. The third-order valence-electron chi connectivity index (χ3n) is 2.90. The van der Waals surface area contributed by atoms with E-state index >= 15 is 0 Å². The predicted octanol–water partition coefficient (Wildman–Crippen LogP) is 3.71. The van der Waals surface area contributed by atoms with Gasteiger partial charge in [0.2, 0.25) is 10.7 Å². The Balaban J connectivity index is 2.51. The summed E-state index contributed by atoms with van der Waals surface area (Å²) in [6, 6.07) is 8.55. The van der Waals surface area contributed by atoms with E-state index in [9.17, 15) is 13.2 Å².